The zero-order valence-corrected chi connectivity index (χ0v) is 11.8. The van der Waals surface area contributed by atoms with Crippen LogP contribution in [0.3, 0.4) is 0 Å². The summed E-state index contributed by atoms with van der Waals surface area (Å²) in [5.74, 6) is 0.530. The molecular formula is C12H21ClN2S. The molecule has 1 rings (SSSR count). The van der Waals surface area contributed by atoms with E-state index in [0.717, 1.165) is 24.0 Å². The standard InChI is InChI=1S/C12H21ClN2S/c1-9(6-14)7-15-8-12(2,3)10-4-5-11(13)16-10/h4-5,9,15H,6-8,14H2,1-3H3. The minimum atomic E-state index is 0.131. The van der Waals surface area contributed by atoms with E-state index >= 15 is 0 Å². The summed E-state index contributed by atoms with van der Waals surface area (Å²) >= 11 is 7.61. The quantitative estimate of drug-likeness (QED) is 0.826. The normalized spacial score (nSPS) is 14.1. The van der Waals surface area contributed by atoms with Crippen molar-refractivity contribution >= 4 is 22.9 Å². The third kappa shape index (κ3) is 4.06. The van der Waals surface area contributed by atoms with Crippen molar-refractivity contribution in [1.82, 2.24) is 5.32 Å². The zero-order valence-electron chi connectivity index (χ0n) is 10.2. The van der Waals surface area contributed by atoms with Crippen molar-refractivity contribution in [2.75, 3.05) is 19.6 Å². The van der Waals surface area contributed by atoms with Gasteiger partial charge in [0, 0.05) is 16.8 Å². The molecule has 0 radical (unpaired) electrons. The molecule has 0 amide bonds. The molecule has 16 heavy (non-hydrogen) atoms. The van der Waals surface area contributed by atoms with Crippen molar-refractivity contribution in [3.8, 4) is 0 Å². The van der Waals surface area contributed by atoms with Crippen LogP contribution < -0.4 is 11.1 Å². The number of nitrogens with one attached hydrogen (secondary N) is 1. The van der Waals surface area contributed by atoms with Crippen LogP contribution in [0.4, 0.5) is 0 Å². The number of hydrogen-bond acceptors (Lipinski definition) is 3. The Hall–Kier alpha value is -0.0900. The van der Waals surface area contributed by atoms with E-state index in [4.69, 9.17) is 17.3 Å². The molecule has 0 aliphatic carbocycles. The highest BCUT2D eigenvalue weighted by atomic mass is 35.5. The van der Waals surface area contributed by atoms with Gasteiger partial charge >= 0.3 is 0 Å². The predicted molar refractivity (Wildman–Crippen MR) is 73.4 cm³/mol. The summed E-state index contributed by atoms with van der Waals surface area (Å²) < 4.78 is 0.860. The maximum atomic E-state index is 5.95. The average molecular weight is 261 g/mol. The molecule has 0 saturated heterocycles. The molecule has 0 saturated carbocycles. The van der Waals surface area contributed by atoms with Crippen molar-refractivity contribution in [1.29, 1.82) is 0 Å². The van der Waals surface area contributed by atoms with Gasteiger partial charge in [-0.25, -0.2) is 0 Å². The van der Waals surface area contributed by atoms with Gasteiger partial charge in [-0.3, -0.25) is 0 Å². The van der Waals surface area contributed by atoms with Crippen LogP contribution in [0.5, 0.6) is 0 Å². The van der Waals surface area contributed by atoms with Crippen LogP contribution in [0.1, 0.15) is 25.6 Å². The Balaban J connectivity index is 2.46. The van der Waals surface area contributed by atoms with Crippen LogP contribution in [0.2, 0.25) is 4.34 Å². The number of nitrogens with two attached hydrogens (primary N) is 1. The first kappa shape index (κ1) is 14.0. The van der Waals surface area contributed by atoms with Crippen LogP contribution in [0.15, 0.2) is 12.1 Å². The molecule has 92 valence electrons. The van der Waals surface area contributed by atoms with E-state index in [1.54, 1.807) is 11.3 Å². The topological polar surface area (TPSA) is 38.0 Å². The SMILES string of the molecule is CC(CN)CNCC(C)(C)c1ccc(Cl)s1. The molecule has 0 fully saturated rings. The third-order valence-corrected chi connectivity index (χ3v) is 4.30. The van der Waals surface area contributed by atoms with E-state index in [1.807, 2.05) is 6.07 Å². The molecule has 0 aromatic carbocycles. The summed E-state index contributed by atoms with van der Waals surface area (Å²) in [6.07, 6.45) is 0. The Morgan fingerprint density at radius 1 is 1.50 bits per heavy atom. The number of hydrogen-bond donors (Lipinski definition) is 2. The van der Waals surface area contributed by atoms with E-state index in [1.165, 1.54) is 4.88 Å². The molecule has 0 bridgehead atoms. The lowest BCUT2D eigenvalue weighted by Gasteiger charge is -2.24. The van der Waals surface area contributed by atoms with Gasteiger partial charge in [0.2, 0.25) is 0 Å². The van der Waals surface area contributed by atoms with Gasteiger partial charge in [0.25, 0.3) is 0 Å². The lowest BCUT2D eigenvalue weighted by Crippen LogP contribution is -2.36. The third-order valence-electron chi connectivity index (χ3n) is 2.70. The molecule has 3 N–H and O–H groups in total. The molecule has 0 spiro atoms. The van der Waals surface area contributed by atoms with Crippen molar-refractivity contribution in [2.24, 2.45) is 11.7 Å². The second-order valence-electron chi connectivity index (χ2n) is 4.96. The van der Waals surface area contributed by atoms with Gasteiger partial charge < -0.3 is 11.1 Å². The molecule has 1 aromatic rings. The van der Waals surface area contributed by atoms with Gasteiger partial charge in [-0.15, -0.1) is 11.3 Å². The Kier molecular flexibility index (Phi) is 5.25. The summed E-state index contributed by atoms with van der Waals surface area (Å²) in [5.41, 5.74) is 5.71. The van der Waals surface area contributed by atoms with Crippen LogP contribution in [-0.4, -0.2) is 19.6 Å². The second-order valence-corrected chi connectivity index (χ2v) is 6.67. The average Bonchev–Trinajstić information content (AvgIpc) is 2.65. The molecule has 2 nitrogen and oxygen atoms in total. The van der Waals surface area contributed by atoms with Crippen molar-refractivity contribution in [2.45, 2.75) is 26.2 Å². The van der Waals surface area contributed by atoms with E-state index in [-0.39, 0.29) is 5.41 Å². The number of rotatable bonds is 6. The lowest BCUT2D eigenvalue weighted by molar-refractivity contribution is 0.440. The molecule has 1 unspecified atom stereocenters. The minimum Gasteiger partial charge on any atom is -0.330 e. The van der Waals surface area contributed by atoms with Gasteiger partial charge in [0.05, 0.1) is 4.34 Å². The molecule has 1 heterocycles. The highest BCUT2D eigenvalue weighted by Crippen LogP contribution is 2.31. The van der Waals surface area contributed by atoms with E-state index in [9.17, 15) is 0 Å². The fourth-order valence-electron chi connectivity index (χ4n) is 1.48. The van der Waals surface area contributed by atoms with Crippen molar-refractivity contribution < 1.29 is 0 Å². The zero-order chi connectivity index (χ0) is 12.2. The van der Waals surface area contributed by atoms with Gasteiger partial charge in [0.1, 0.15) is 0 Å². The van der Waals surface area contributed by atoms with E-state index in [2.05, 4.69) is 32.2 Å². The summed E-state index contributed by atoms with van der Waals surface area (Å²) in [5, 5.41) is 3.47. The number of thiophene rings is 1. The van der Waals surface area contributed by atoms with Crippen molar-refractivity contribution in [3.63, 3.8) is 0 Å². The fraction of sp³-hybridized carbons (Fsp3) is 0.667. The van der Waals surface area contributed by atoms with Crippen LogP contribution >= 0.6 is 22.9 Å². The highest BCUT2D eigenvalue weighted by molar-refractivity contribution is 7.16. The summed E-state index contributed by atoms with van der Waals surface area (Å²) in [4.78, 5) is 1.32. The molecular weight excluding hydrogens is 240 g/mol. The van der Waals surface area contributed by atoms with Crippen LogP contribution in [0, 0.1) is 5.92 Å². The highest BCUT2D eigenvalue weighted by Gasteiger charge is 2.22. The Morgan fingerprint density at radius 3 is 2.69 bits per heavy atom. The maximum Gasteiger partial charge on any atom is 0.0931 e. The van der Waals surface area contributed by atoms with E-state index < -0.39 is 0 Å². The molecule has 1 atom stereocenters. The van der Waals surface area contributed by atoms with Crippen LogP contribution in [0.25, 0.3) is 0 Å². The van der Waals surface area contributed by atoms with Gasteiger partial charge in [-0.05, 0) is 31.1 Å². The maximum absolute atomic E-state index is 5.95. The second kappa shape index (κ2) is 6.01. The van der Waals surface area contributed by atoms with E-state index in [0.29, 0.717) is 5.92 Å². The monoisotopic (exact) mass is 260 g/mol. The molecule has 1 aromatic heterocycles. The number of halogens is 1. The Morgan fingerprint density at radius 2 is 2.19 bits per heavy atom. The van der Waals surface area contributed by atoms with Gasteiger partial charge in [-0.2, -0.15) is 0 Å². The first-order chi connectivity index (χ1) is 7.45. The predicted octanol–water partition coefficient (Wildman–Crippen LogP) is 2.86. The van der Waals surface area contributed by atoms with Gasteiger partial charge in [0.15, 0.2) is 0 Å². The largest absolute Gasteiger partial charge is 0.330 e. The molecule has 4 heteroatoms. The summed E-state index contributed by atoms with van der Waals surface area (Å²) in [6.45, 7) is 9.28. The van der Waals surface area contributed by atoms with Crippen molar-refractivity contribution in [3.05, 3.63) is 21.3 Å². The summed E-state index contributed by atoms with van der Waals surface area (Å²) in [7, 11) is 0. The lowest BCUT2D eigenvalue weighted by atomic mass is 9.91. The minimum absolute atomic E-state index is 0.131. The smallest absolute Gasteiger partial charge is 0.0931 e. The summed E-state index contributed by atoms with van der Waals surface area (Å²) in [6, 6.07) is 4.08. The molecule has 0 aliphatic rings. The van der Waals surface area contributed by atoms with Crippen LogP contribution in [-0.2, 0) is 5.41 Å². The first-order valence-electron chi connectivity index (χ1n) is 5.62. The van der Waals surface area contributed by atoms with Gasteiger partial charge in [-0.1, -0.05) is 32.4 Å². The Labute approximate surface area is 107 Å². The Bertz CT molecular complexity index is 323. The fourth-order valence-corrected chi connectivity index (χ4v) is 2.62. The first-order valence-corrected chi connectivity index (χ1v) is 6.82. The molecule has 0 aliphatic heterocycles.